The zero-order valence-electron chi connectivity index (χ0n) is 7.34. The van der Waals surface area contributed by atoms with Gasteiger partial charge in [-0.3, -0.25) is 0 Å². The number of rotatable bonds is 2. The van der Waals surface area contributed by atoms with Crippen molar-refractivity contribution < 1.29 is 5.11 Å². The maximum atomic E-state index is 9.11. The third-order valence-corrected chi connectivity index (χ3v) is 3.14. The lowest BCUT2D eigenvalue weighted by atomic mass is 9.68. The molecule has 1 aliphatic rings. The Kier molecular flexibility index (Phi) is 2.72. The Morgan fingerprint density at radius 2 is 2.36 bits per heavy atom. The van der Waals surface area contributed by atoms with Gasteiger partial charge in [0.1, 0.15) is 0 Å². The summed E-state index contributed by atoms with van der Waals surface area (Å²) in [6.45, 7) is 6.37. The Labute approximate surface area is 69.1 Å². The molecule has 0 aromatic carbocycles. The van der Waals surface area contributed by atoms with Crippen molar-refractivity contribution >= 4 is 0 Å². The van der Waals surface area contributed by atoms with E-state index in [-0.39, 0.29) is 5.41 Å². The molecule has 0 amide bonds. The Bertz CT molecular complexity index is 142. The van der Waals surface area contributed by atoms with Gasteiger partial charge in [-0.2, -0.15) is 0 Å². The zero-order chi connectivity index (χ0) is 8.32. The first-order chi connectivity index (χ1) is 5.23. The average Bonchev–Trinajstić information content (AvgIpc) is 2.05. The van der Waals surface area contributed by atoms with E-state index in [4.69, 9.17) is 5.11 Å². The van der Waals surface area contributed by atoms with Gasteiger partial charge in [0.25, 0.3) is 0 Å². The van der Waals surface area contributed by atoms with Gasteiger partial charge >= 0.3 is 0 Å². The highest BCUT2D eigenvalue weighted by atomic mass is 16.3. The van der Waals surface area contributed by atoms with Crippen LogP contribution in [0.1, 0.15) is 32.6 Å². The fourth-order valence-electron chi connectivity index (χ4n) is 2.00. The van der Waals surface area contributed by atoms with Crippen LogP contribution in [-0.2, 0) is 0 Å². The summed E-state index contributed by atoms with van der Waals surface area (Å²) in [7, 11) is 0. The molecule has 1 nitrogen and oxygen atoms in total. The first kappa shape index (κ1) is 8.79. The fraction of sp³-hybridized carbons (Fsp3) is 0.800. The predicted molar refractivity (Wildman–Crippen MR) is 47.3 cm³/mol. The smallest absolute Gasteiger partial charge is 0.0467 e. The SMILES string of the molecule is C=CC1(C)CCCCC1CO. The quantitative estimate of drug-likeness (QED) is 0.605. The Morgan fingerprint density at radius 3 is 2.82 bits per heavy atom. The number of aliphatic hydroxyl groups excluding tert-OH is 1. The standard InChI is InChI=1S/C10H18O/c1-3-10(2)7-5-4-6-9(10)8-11/h3,9,11H,1,4-8H2,2H3. The van der Waals surface area contributed by atoms with E-state index in [9.17, 15) is 0 Å². The van der Waals surface area contributed by atoms with Crippen LogP contribution in [0.5, 0.6) is 0 Å². The molecule has 1 fully saturated rings. The molecule has 1 rings (SSSR count). The maximum absolute atomic E-state index is 9.11. The van der Waals surface area contributed by atoms with Crippen LogP contribution in [0.15, 0.2) is 12.7 Å². The molecule has 0 aromatic heterocycles. The summed E-state index contributed by atoms with van der Waals surface area (Å²) in [4.78, 5) is 0. The minimum Gasteiger partial charge on any atom is -0.396 e. The third kappa shape index (κ3) is 1.64. The van der Waals surface area contributed by atoms with Crippen molar-refractivity contribution in [3.05, 3.63) is 12.7 Å². The second-order valence-electron chi connectivity index (χ2n) is 3.84. The molecule has 2 atom stereocenters. The lowest BCUT2D eigenvalue weighted by Gasteiger charge is -2.38. The van der Waals surface area contributed by atoms with Crippen molar-refractivity contribution in [3.8, 4) is 0 Å². The summed E-state index contributed by atoms with van der Waals surface area (Å²) < 4.78 is 0. The number of hydrogen-bond donors (Lipinski definition) is 1. The van der Waals surface area contributed by atoms with Crippen molar-refractivity contribution in [1.29, 1.82) is 0 Å². The number of aliphatic hydroxyl groups is 1. The van der Waals surface area contributed by atoms with Gasteiger partial charge in [0.2, 0.25) is 0 Å². The topological polar surface area (TPSA) is 20.2 Å². The molecule has 0 spiro atoms. The molecule has 0 bridgehead atoms. The minimum atomic E-state index is 0.201. The molecule has 2 unspecified atom stereocenters. The van der Waals surface area contributed by atoms with Crippen LogP contribution in [0.25, 0.3) is 0 Å². The summed E-state index contributed by atoms with van der Waals surface area (Å²) >= 11 is 0. The first-order valence-corrected chi connectivity index (χ1v) is 4.47. The molecule has 0 radical (unpaired) electrons. The minimum absolute atomic E-state index is 0.201. The molecule has 0 saturated heterocycles. The fourth-order valence-corrected chi connectivity index (χ4v) is 2.00. The van der Waals surface area contributed by atoms with Gasteiger partial charge in [0.05, 0.1) is 0 Å². The largest absolute Gasteiger partial charge is 0.396 e. The van der Waals surface area contributed by atoms with Crippen LogP contribution >= 0.6 is 0 Å². The summed E-state index contributed by atoms with van der Waals surface area (Å²) in [6, 6.07) is 0. The van der Waals surface area contributed by atoms with Gasteiger partial charge in [0.15, 0.2) is 0 Å². The van der Waals surface area contributed by atoms with Crippen molar-refractivity contribution in [2.45, 2.75) is 32.6 Å². The zero-order valence-corrected chi connectivity index (χ0v) is 7.34. The molecule has 1 N–H and O–H groups in total. The molecule has 1 heteroatoms. The van der Waals surface area contributed by atoms with Gasteiger partial charge < -0.3 is 5.11 Å². The highest BCUT2D eigenvalue weighted by Crippen LogP contribution is 2.41. The molecule has 0 aliphatic heterocycles. The Balaban J connectivity index is 2.64. The van der Waals surface area contributed by atoms with Crippen LogP contribution < -0.4 is 0 Å². The van der Waals surface area contributed by atoms with E-state index in [1.165, 1.54) is 25.7 Å². The molecule has 0 aromatic rings. The van der Waals surface area contributed by atoms with Crippen LogP contribution in [0, 0.1) is 11.3 Å². The third-order valence-electron chi connectivity index (χ3n) is 3.14. The van der Waals surface area contributed by atoms with Gasteiger partial charge in [-0.15, -0.1) is 6.58 Å². The average molecular weight is 154 g/mol. The molecule has 1 saturated carbocycles. The highest BCUT2D eigenvalue weighted by molar-refractivity contribution is 4.98. The number of allylic oxidation sites excluding steroid dienone is 1. The molecular weight excluding hydrogens is 136 g/mol. The van der Waals surface area contributed by atoms with Gasteiger partial charge in [-0.05, 0) is 24.2 Å². The summed E-state index contributed by atoms with van der Waals surface area (Å²) in [5.41, 5.74) is 0.201. The molecule has 1 aliphatic carbocycles. The van der Waals surface area contributed by atoms with E-state index >= 15 is 0 Å². The first-order valence-electron chi connectivity index (χ1n) is 4.47. The molecule has 11 heavy (non-hydrogen) atoms. The lowest BCUT2D eigenvalue weighted by molar-refractivity contribution is 0.0960. The van der Waals surface area contributed by atoms with Gasteiger partial charge in [0, 0.05) is 6.61 Å². The maximum Gasteiger partial charge on any atom is 0.0467 e. The van der Waals surface area contributed by atoms with Crippen molar-refractivity contribution in [3.63, 3.8) is 0 Å². The van der Waals surface area contributed by atoms with Crippen molar-refractivity contribution in [2.24, 2.45) is 11.3 Å². The van der Waals surface area contributed by atoms with Crippen LogP contribution in [0.2, 0.25) is 0 Å². The van der Waals surface area contributed by atoms with Crippen molar-refractivity contribution in [1.82, 2.24) is 0 Å². The van der Waals surface area contributed by atoms with Crippen LogP contribution in [-0.4, -0.2) is 11.7 Å². The van der Waals surface area contributed by atoms with E-state index in [1.807, 2.05) is 6.08 Å². The summed E-state index contributed by atoms with van der Waals surface area (Å²) in [5.74, 6) is 0.453. The van der Waals surface area contributed by atoms with E-state index in [2.05, 4.69) is 13.5 Å². The van der Waals surface area contributed by atoms with Crippen molar-refractivity contribution in [2.75, 3.05) is 6.61 Å². The van der Waals surface area contributed by atoms with Gasteiger partial charge in [-0.1, -0.05) is 25.8 Å². The summed E-state index contributed by atoms with van der Waals surface area (Å²) in [5, 5.41) is 9.11. The van der Waals surface area contributed by atoms with E-state index < -0.39 is 0 Å². The lowest BCUT2D eigenvalue weighted by Crippen LogP contribution is -2.31. The van der Waals surface area contributed by atoms with Gasteiger partial charge in [-0.25, -0.2) is 0 Å². The van der Waals surface area contributed by atoms with Crippen LogP contribution in [0.4, 0.5) is 0 Å². The monoisotopic (exact) mass is 154 g/mol. The second kappa shape index (κ2) is 3.40. The molecule has 64 valence electrons. The summed E-state index contributed by atoms with van der Waals surface area (Å²) in [6.07, 6.45) is 6.95. The van der Waals surface area contributed by atoms with E-state index in [1.54, 1.807) is 0 Å². The molecular formula is C10H18O. The van der Waals surface area contributed by atoms with E-state index in [0.717, 1.165) is 0 Å². The Morgan fingerprint density at radius 1 is 1.64 bits per heavy atom. The van der Waals surface area contributed by atoms with Crippen LogP contribution in [0.3, 0.4) is 0 Å². The second-order valence-corrected chi connectivity index (χ2v) is 3.84. The number of hydrogen-bond acceptors (Lipinski definition) is 1. The van der Waals surface area contributed by atoms with E-state index in [0.29, 0.717) is 12.5 Å². The highest BCUT2D eigenvalue weighted by Gasteiger charge is 2.32. The molecule has 0 heterocycles. The Hall–Kier alpha value is -0.300. The predicted octanol–water partition coefficient (Wildman–Crippen LogP) is 2.36. The normalized spacial score (nSPS) is 38.5.